The summed E-state index contributed by atoms with van der Waals surface area (Å²) in [6.07, 6.45) is 34.7. The molecule has 6 N–H and O–H groups in total. The van der Waals surface area contributed by atoms with Crippen LogP contribution in [0.4, 0.5) is 0 Å². The molecule has 1 aliphatic heterocycles. The summed E-state index contributed by atoms with van der Waals surface area (Å²) in [7, 11) is 0. The molecular weight excluding hydrogens is 765 g/mol. The van der Waals surface area contributed by atoms with Gasteiger partial charge in [-0.15, -0.1) is 0 Å². The SMILES string of the molecule is CCCCCCCCCC[C@@H](O)CN(CCCCC1NC(=O)C(CCCCN(C[C@H](O)CCCCCCCCCC)C[C@H](C)O)NC1=O)C[C@@H](O)CCCCCCCCCC. The average Bonchev–Trinajstić information content (AvgIpc) is 3.22. The Morgan fingerprint density at radius 3 is 0.984 bits per heavy atom. The van der Waals surface area contributed by atoms with Crippen molar-refractivity contribution in [1.29, 1.82) is 0 Å². The van der Waals surface area contributed by atoms with Gasteiger partial charge >= 0.3 is 0 Å². The number of carbonyl (C=O) groups is 2. The van der Waals surface area contributed by atoms with Crippen LogP contribution in [-0.2, 0) is 9.59 Å². The van der Waals surface area contributed by atoms with Crippen molar-refractivity contribution < 1.29 is 30.0 Å². The molecule has 0 saturated carbocycles. The van der Waals surface area contributed by atoms with E-state index in [4.69, 9.17) is 0 Å². The van der Waals surface area contributed by atoms with Gasteiger partial charge < -0.3 is 31.1 Å². The number of carbonyl (C=O) groups excluding carboxylic acids is 2. The Morgan fingerprint density at radius 1 is 0.410 bits per heavy atom. The Kier molecular flexibility index (Phi) is 38.1. The Bertz CT molecular complexity index is 976. The van der Waals surface area contributed by atoms with Crippen molar-refractivity contribution in [3.8, 4) is 0 Å². The third-order valence-corrected chi connectivity index (χ3v) is 12.8. The lowest BCUT2D eigenvalue weighted by molar-refractivity contribution is -0.137. The van der Waals surface area contributed by atoms with Crippen molar-refractivity contribution in [3.63, 3.8) is 0 Å². The van der Waals surface area contributed by atoms with Crippen LogP contribution in [0.25, 0.3) is 0 Å². The van der Waals surface area contributed by atoms with Gasteiger partial charge in [0.1, 0.15) is 12.1 Å². The molecule has 1 fully saturated rings. The molecule has 0 aromatic heterocycles. The minimum Gasteiger partial charge on any atom is -0.392 e. The molecule has 0 radical (unpaired) electrons. The van der Waals surface area contributed by atoms with Crippen molar-refractivity contribution >= 4 is 11.8 Å². The number of nitrogens with one attached hydrogen (secondary N) is 2. The second-order valence-electron chi connectivity index (χ2n) is 19.2. The molecule has 2 amide bonds. The van der Waals surface area contributed by atoms with Crippen LogP contribution in [0.5, 0.6) is 0 Å². The van der Waals surface area contributed by atoms with E-state index in [-0.39, 0.29) is 11.8 Å². The summed E-state index contributed by atoms with van der Waals surface area (Å²) < 4.78 is 0. The summed E-state index contributed by atoms with van der Waals surface area (Å²) in [5.74, 6) is -0.246. The fourth-order valence-corrected chi connectivity index (χ4v) is 9.05. The molecule has 0 aromatic carbocycles. The number of nitrogens with zero attached hydrogens (tertiary/aromatic N) is 2. The molecule has 1 saturated heterocycles. The van der Waals surface area contributed by atoms with Crippen LogP contribution < -0.4 is 10.6 Å². The van der Waals surface area contributed by atoms with Gasteiger partial charge in [0.2, 0.25) is 11.8 Å². The maximum atomic E-state index is 13.1. The number of aliphatic hydroxyl groups is 4. The van der Waals surface area contributed by atoms with Gasteiger partial charge in [0.05, 0.1) is 24.4 Å². The fourth-order valence-electron chi connectivity index (χ4n) is 9.05. The summed E-state index contributed by atoms with van der Waals surface area (Å²) in [5, 5.41) is 48.7. The van der Waals surface area contributed by atoms with Crippen LogP contribution in [-0.4, -0.2) is 118 Å². The molecule has 61 heavy (non-hydrogen) atoms. The zero-order chi connectivity index (χ0) is 44.8. The lowest BCUT2D eigenvalue weighted by Crippen LogP contribution is -2.61. The van der Waals surface area contributed by atoms with Crippen LogP contribution in [0.15, 0.2) is 0 Å². The van der Waals surface area contributed by atoms with Gasteiger partial charge in [0, 0.05) is 26.2 Å². The number of amides is 2. The lowest BCUT2D eigenvalue weighted by Gasteiger charge is -2.31. The molecule has 1 rings (SSSR count). The van der Waals surface area contributed by atoms with E-state index in [9.17, 15) is 30.0 Å². The molecule has 0 spiro atoms. The van der Waals surface area contributed by atoms with Gasteiger partial charge in [0.15, 0.2) is 0 Å². The summed E-state index contributed by atoms with van der Waals surface area (Å²) in [6.45, 7) is 12.2. The van der Waals surface area contributed by atoms with Crippen molar-refractivity contribution in [2.75, 3.05) is 39.3 Å². The second-order valence-corrected chi connectivity index (χ2v) is 19.2. The third-order valence-electron chi connectivity index (χ3n) is 12.8. The van der Waals surface area contributed by atoms with E-state index < -0.39 is 36.5 Å². The van der Waals surface area contributed by atoms with Crippen LogP contribution in [0.1, 0.15) is 240 Å². The van der Waals surface area contributed by atoms with Gasteiger partial charge in [-0.1, -0.05) is 175 Å². The average molecular weight is 867 g/mol. The topological polar surface area (TPSA) is 146 Å². The highest BCUT2D eigenvalue weighted by Gasteiger charge is 2.33. The Morgan fingerprint density at radius 2 is 0.689 bits per heavy atom. The molecule has 6 atom stereocenters. The van der Waals surface area contributed by atoms with E-state index in [2.05, 4.69) is 41.2 Å². The summed E-state index contributed by atoms with van der Waals surface area (Å²) in [4.78, 5) is 30.5. The number of rotatable bonds is 45. The normalized spacial score (nSPS) is 17.8. The largest absolute Gasteiger partial charge is 0.392 e. The Labute approximate surface area is 376 Å². The van der Waals surface area contributed by atoms with Gasteiger partial charge in [-0.25, -0.2) is 0 Å². The minimum absolute atomic E-state index is 0.122. The first-order chi connectivity index (χ1) is 29.6. The van der Waals surface area contributed by atoms with Crippen LogP contribution >= 0.6 is 0 Å². The fraction of sp³-hybridized carbons (Fsp3) is 0.961. The third kappa shape index (κ3) is 33.8. The standard InChI is InChI=1S/C51H102N4O6/c1-5-8-11-14-17-20-23-26-33-45(57)41-54(40-44(4)56)38-31-29-36-48-50(60)53-49(51(61)52-48)37-30-32-39-55(42-46(58)34-27-24-21-18-15-12-9-6-2)43-47(59)35-28-25-22-19-16-13-10-7-3/h44-49,56-59H,5-43H2,1-4H3,(H,52,61)(H,53,60)/t44-,45+,46-,47+,48?,49?/m0/s1. The van der Waals surface area contributed by atoms with Crippen molar-refractivity contribution in [3.05, 3.63) is 0 Å². The molecule has 2 unspecified atom stereocenters. The van der Waals surface area contributed by atoms with Crippen LogP contribution in [0.3, 0.4) is 0 Å². The zero-order valence-electron chi connectivity index (χ0n) is 40.5. The molecule has 10 nitrogen and oxygen atoms in total. The molecule has 0 bridgehead atoms. The summed E-state index contributed by atoms with van der Waals surface area (Å²) in [6, 6.07) is -1.08. The monoisotopic (exact) mass is 867 g/mol. The molecule has 362 valence electrons. The number of hydrogen-bond donors (Lipinski definition) is 6. The predicted molar refractivity (Wildman–Crippen MR) is 256 cm³/mol. The van der Waals surface area contributed by atoms with E-state index in [1.54, 1.807) is 6.92 Å². The van der Waals surface area contributed by atoms with Gasteiger partial charge in [-0.3, -0.25) is 19.4 Å². The minimum atomic E-state index is -0.540. The van der Waals surface area contributed by atoms with Crippen molar-refractivity contribution in [1.82, 2.24) is 20.4 Å². The first-order valence-corrected chi connectivity index (χ1v) is 26.4. The first-order valence-electron chi connectivity index (χ1n) is 26.4. The van der Waals surface area contributed by atoms with Crippen LogP contribution in [0.2, 0.25) is 0 Å². The molecule has 1 aliphatic rings. The summed E-state index contributed by atoms with van der Waals surface area (Å²) in [5.41, 5.74) is 0. The first kappa shape index (κ1) is 57.7. The van der Waals surface area contributed by atoms with Crippen LogP contribution in [0, 0.1) is 0 Å². The number of unbranched alkanes of at least 4 members (excludes halogenated alkanes) is 23. The molecule has 0 aliphatic carbocycles. The Balaban J connectivity index is 2.47. The van der Waals surface area contributed by atoms with E-state index in [0.29, 0.717) is 39.0 Å². The summed E-state index contributed by atoms with van der Waals surface area (Å²) >= 11 is 0. The van der Waals surface area contributed by atoms with E-state index >= 15 is 0 Å². The highest BCUT2D eigenvalue weighted by Crippen LogP contribution is 2.17. The Hall–Kier alpha value is -1.30. The van der Waals surface area contributed by atoms with E-state index in [1.807, 2.05) is 0 Å². The number of piperazine rings is 1. The highest BCUT2D eigenvalue weighted by atomic mass is 16.3. The lowest BCUT2D eigenvalue weighted by atomic mass is 10.0. The maximum Gasteiger partial charge on any atom is 0.243 e. The molecule has 0 aromatic rings. The number of aliphatic hydroxyl groups excluding tert-OH is 4. The smallest absolute Gasteiger partial charge is 0.243 e. The van der Waals surface area contributed by atoms with E-state index in [1.165, 1.54) is 116 Å². The van der Waals surface area contributed by atoms with E-state index in [0.717, 1.165) is 96.6 Å². The van der Waals surface area contributed by atoms with Crippen molar-refractivity contribution in [2.24, 2.45) is 0 Å². The maximum absolute atomic E-state index is 13.1. The quantitative estimate of drug-likeness (QED) is 0.0332. The molecule has 10 heteroatoms. The zero-order valence-corrected chi connectivity index (χ0v) is 40.5. The van der Waals surface area contributed by atoms with Gasteiger partial charge in [-0.2, -0.15) is 0 Å². The number of hydrogen-bond acceptors (Lipinski definition) is 8. The highest BCUT2D eigenvalue weighted by molar-refractivity contribution is 5.96. The van der Waals surface area contributed by atoms with Gasteiger partial charge in [-0.05, 0) is 77.8 Å². The van der Waals surface area contributed by atoms with Gasteiger partial charge in [0.25, 0.3) is 0 Å². The second kappa shape index (κ2) is 40.2. The predicted octanol–water partition coefficient (Wildman–Crippen LogP) is 9.97. The molecule has 1 heterocycles. The van der Waals surface area contributed by atoms with Crippen molar-refractivity contribution in [2.45, 2.75) is 276 Å². The molecular formula is C51H102N4O6.